The van der Waals surface area contributed by atoms with Gasteiger partial charge < -0.3 is 10.2 Å². The van der Waals surface area contributed by atoms with Crippen molar-refractivity contribution in [1.82, 2.24) is 4.98 Å². The highest BCUT2D eigenvalue weighted by molar-refractivity contribution is 9.10. The van der Waals surface area contributed by atoms with Crippen LogP contribution in [0.1, 0.15) is 10.4 Å². The quantitative estimate of drug-likeness (QED) is 0.945. The van der Waals surface area contributed by atoms with Gasteiger partial charge >= 0.3 is 0 Å². The Kier molecular flexibility index (Phi) is 4.16. The van der Waals surface area contributed by atoms with E-state index in [9.17, 15) is 4.79 Å². The van der Waals surface area contributed by atoms with E-state index in [-0.39, 0.29) is 5.91 Å². The van der Waals surface area contributed by atoms with E-state index in [4.69, 9.17) is 0 Å². The molecule has 0 saturated heterocycles. The molecule has 0 aliphatic rings. The van der Waals surface area contributed by atoms with E-state index >= 15 is 0 Å². The van der Waals surface area contributed by atoms with E-state index in [1.807, 2.05) is 24.3 Å². The largest absolute Gasteiger partial charge is 0.373 e. The average Bonchev–Trinajstić information content (AvgIpc) is 2.46. The molecule has 19 heavy (non-hydrogen) atoms. The van der Waals surface area contributed by atoms with Crippen molar-refractivity contribution < 1.29 is 4.79 Å². The van der Waals surface area contributed by atoms with Crippen molar-refractivity contribution in [3.63, 3.8) is 0 Å². The number of amides is 1. The summed E-state index contributed by atoms with van der Waals surface area (Å²) >= 11 is 3.36. The van der Waals surface area contributed by atoms with Crippen LogP contribution in [-0.4, -0.2) is 25.0 Å². The zero-order valence-electron chi connectivity index (χ0n) is 10.7. The molecular formula is C14H14BrN3O. The van der Waals surface area contributed by atoms with Crippen molar-refractivity contribution in [2.24, 2.45) is 0 Å². The fraction of sp³-hybridized carbons (Fsp3) is 0.143. The molecule has 1 amide bonds. The maximum Gasteiger partial charge on any atom is 0.258 e. The second-order valence-electron chi connectivity index (χ2n) is 4.03. The van der Waals surface area contributed by atoms with Gasteiger partial charge in [-0.05, 0) is 30.3 Å². The van der Waals surface area contributed by atoms with E-state index in [1.165, 1.54) is 0 Å². The van der Waals surface area contributed by atoms with Gasteiger partial charge in [0.05, 0.1) is 11.9 Å². The molecule has 0 spiro atoms. The van der Waals surface area contributed by atoms with Crippen molar-refractivity contribution in [2.75, 3.05) is 24.3 Å². The highest BCUT2D eigenvalue weighted by Gasteiger charge is 2.13. The van der Waals surface area contributed by atoms with Crippen molar-refractivity contribution in [3.8, 4) is 0 Å². The third-order valence-electron chi connectivity index (χ3n) is 2.77. The molecule has 98 valence electrons. The first-order valence-corrected chi connectivity index (χ1v) is 6.58. The highest BCUT2D eigenvalue weighted by Crippen LogP contribution is 2.18. The monoisotopic (exact) mass is 319 g/mol. The minimum absolute atomic E-state index is 0.0692. The van der Waals surface area contributed by atoms with Crippen LogP contribution in [0.25, 0.3) is 0 Å². The Bertz CT molecular complexity index is 583. The fourth-order valence-electron chi connectivity index (χ4n) is 1.66. The van der Waals surface area contributed by atoms with Gasteiger partial charge in [-0.15, -0.1) is 0 Å². The highest BCUT2D eigenvalue weighted by atomic mass is 79.9. The van der Waals surface area contributed by atoms with Crippen molar-refractivity contribution >= 4 is 33.3 Å². The molecule has 1 N–H and O–H groups in total. The molecule has 0 atom stereocenters. The normalized spacial score (nSPS) is 10.1. The molecule has 0 saturated carbocycles. The summed E-state index contributed by atoms with van der Waals surface area (Å²) < 4.78 is 0.885. The molecule has 0 aliphatic heterocycles. The van der Waals surface area contributed by atoms with E-state index in [2.05, 4.69) is 26.2 Å². The Morgan fingerprint density at radius 1 is 1.32 bits per heavy atom. The molecule has 1 aromatic heterocycles. The first-order valence-electron chi connectivity index (χ1n) is 5.79. The van der Waals surface area contributed by atoms with Gasteiger partial charge in [0, 0.05) is 24.1 Å². The van der Waals surface area contributed by atoms with Crippen LogP contribution in [0, 0.1) is 0 Å². The van der Waals surface area contributed by atoms with Gasteiger partial charge in [-0.2, -0.15) is 0 Å². The van der Waals surface area contributed by atoms with Gasteiger partial charge in [-0.1, -0.05) is 22.0 Å². The van der Waals surface area contributed by atoms with Crippen LogP contribution in [0.2, 0.25) is 0 Å². The lowest BCUT2D eigenvalue weighted by molar-refractivity contribution is 0.0993. The summed E-state index contributed by atoms with van der Waals surface area (Å²) in [5.41, 5.74) is 1.39. The lowest BCUT2D eigenvalue weighted by Gasteiger charge is -2.17. The summed E-state index contributed by atoms with van der Waals surface area (Å²) in [6, 6.07) is 11.0. The number of halogens is 1. The van der Waals surface area contributed by atoms with E-state index in [1.54, 1.807) is 37.3 Å². The minimum Gasteiger partial charge on any atom is -0.373 e. The lowest BCUT2D eigenvalue weighted by Crippen LogP contribution is -2.26. The number of rotatable bonds is 3. The number of nitrogens with one attached hydrogen (secondary N) is 1. The summed E-state index contributed by atoms with van der Waals surface area (Å²) in [7, 11) is 3.54. The second-order valence-corrected chi connectivity index (χ2v) is 4.94. The molecule has 1 heterocycles. The van der Waals surface area contributed by atoms with Crippen molar-refractivity contribution in [1.29, 1.82) is 0 Å². The molecule has 1 aromatic carbocycles. The predicted octanol–water partition coefficient (Wildman–Crippen LogP) is 3.16. The molecular weight excluding hydrogens is 306 g/mol. The zero-order valence-corrected chi connectivity index (χ0v) is 12.3. The summed E-state index contributed by atoms with van der Waals surface area (Å²) in [5, 5.41) is 2.94. The third-order valence-corrected chi connectivity index (χ3v) is 3.26. The van der Waals surface area contributed by atoms with Gasteiger partial charge in [-0.25, -0.2) is 4.98 Å². The standard InChI is InChI=1S/C14H14BrN3O/c1-16-13-7-6-12(9-17-13)18(2)14(19)10-4-3-5-11(15)8-10/h3-9H,1-2H3,(H,16,17). The zero-order chi connectivity index (χ0) is 13.8. The molecule has 4 nitrogen and oxygen atoms in total. The van der Waals surface area contributed by atoms with Crippen molar-refractivity contribution in [3.05, 3.63) is 52.6 Å². The number of anilines is 2. The molecule has 2 rings (SSSR count). The maximum atomic E-state index is 12.3. The van der Waals surface area contributed by atoms with E-state index in [0.717, 1.165) is 16.0 Å². The Labute approximate surface area is 120 Å². The van der Waals surface area contributed by atoms with Crippen LogP contribution in [0.3, 0.4) is 0 Å². The van der Waals surface area contributed by atoms with Gasteiger partial charge in [-0.3, -0.25) is 4.79 Å². The number of hydrogen-bond donors (Lipinski definition) is 1. The summed E-state index contributed by atoms with van der Waals surface area (Å²) in [4.78, 5) is 18.1. The Hall–Kier alpha value is -1.88. The number of carbonyl (C=O) groups is 1. The molecule has 0 fully saturated rings. The van der Waals surface area contributed by atoms with Crippen LogP contribution in [-0.2, 0) is 0 Å². The average molecular weight is 320 g/mol. The summed E-state index contributed by atoms with van der Waals surface area (Å²) in [6.45, 7) is 0. The van der Waals surface area contributed by atoms with E-state index in [0.29, 0.717) is 5.56 Å². The molecule has 2 aromatic rings. The molecule has 0 radical (unpaired) electrons. The topological polar surface area (TPSA) is 45.2 Å². The van der Waals surface area contributed by atoms with Crippen LogP contribution in [0.15, 0.2) is 47.1 Å². The van der Waals surface area contributed by atoms with Crippen molar-refractivity contribution in [2.45, 2.75) is 0 Å². The third kappa shape index (κ3) is 3.12. The number of hydrogen-bond acceptors (Lipinski definition) is 3. The van der Waals surface area contributed by atoms with Gasteiger partial charge in [0.2, 0.25) is 0 Å². The van der Waals surface area contributed by atoms with Gasteiger partial charge in [0.15, 0.2) is 0 Å². The number of nitrogens with zero attached hydrogens (tertiary/aromatic N) is 2. The van der Waals surface area contributed by atoms with Crippen LogP contribution in [0.5, 0.6) is 0 Å². The fourth-order valence-corrected chi connectivity index (χ4v) is 2.06. The van der Waals surface area contributed by atoms with Crippen LogP contribution >= 0.6 is 15.9 Å². The van der Waals surface area contributed by atoms with Crippen LogP contribution < -0.4 is 10.2 Å². The summed E-state index contributed by atoms with van der Waals surface area (Å²) in [6.07, 6.45) is 1.67. The Morgan fingerprint density at radius 2 is 2.11 bits per heavy atom. The molecule has 5 heteroatoms. The predicted molar refractivity (Wildman–Crippen MR) is 80.7 cm³/mol. The van der Waals surface area contributed by atoms with Gasteiger partial charge in [0.25, 0.3) is 5.91 Å². The first kappa shape index (κ1) is 13.5. The molecule has 0 aliphatic carbocycles. The molecule has 0 bridgehead atoms. The lowest BCUT2D eigenvalue weighted by atomic mass is 10.2. The smallest absolute Gasteiger partial charge is 0.258 e. The number of pyridine rings is 1. The van der Waals surface area contributed by atoms with Gasteiger partial charge in [0.1, 0.15) is 5.82 Å². The Balaban J connectivity index is 2.23. The molecule has 0 unspecified atom stereocenters. The summed E-state index contributed by atoms with van der Waals surface area (Å²) in [5.74, 6) is 0.701. The maximum absolute atomic E-state index is 12.3. The number of carbonyl (C=O) groups excluding carboxylic acids is 1. The first-order chi connectivity index (χ1) is 9.11. The number of aromatic nitrogens is 1. The van der Waals surface area contributed by atoms with Crippen LogP contribution in [0.4, 0.5) is 11.5 Å². The van der Waals surface area contributed by atoms with E-state index < -0.39 is 0 Å². The number of benzene rings is 1. The Morgan fingerprint density at radius 3 is 2.68 bits per heavy atom. The minimum atomic E-state index is -0.0692. The second kappa shape index (κ2) is 5.84. The SMILES string of the molecule is CNc1ccc(N(C)C(=O)c2cccc(Br)c2)cn1.